The lowest BCUT2D eigenvalue weighted by Gasteiger charge is -2.29. The molecule has 1 aromatic carbocycles. The van der Waals surface area contributed by atoms with Crippen LogP contribution in [0.3, 0.4) is 0 Å². The van der Waals surface area contributed by atoms with Gasteiger partial charge < -0.3 is 19.9 Å². The number of carbonyl (C=O) groups excluding carboxylic acids is 3. The number of nitrogens with one attached hydrogen (secondary N) is 1. The van der Waals surface area contributed by atoms with Gasteiger partial charge in [0.2, 0.25) is 11.8 Å². The highest BCUT2D eigenvalue weighted by molar-refractivity contribution is 5.94. The van der Waals surface area contributed by atoms with E-state index in [4.69, 9.17) is 4.74 Å². The van der Waals surface area contributed by atoms with Crippen molar-refractivity contribution in [3.05, 3.63) is 52.8 Å². The lowest BCUT2D eigenvalue weighted by molar-refractivity contribution is -0.139. The van der Waals surface area contributed by atoms with Crippen LogP contribution >= 0.6 is 0 Å². The van der Waals surface area contributed by atoms with E-state index in [0.717, 1.165) is 29.8 Å². The maximum atomic E-state index is 13.3. The second-order valence-corrected chi connectivity index (χ2v) is 10.1. The predicted molar refractivity (Wildman–Crippen MR) is 135 cm³/mol. The molecule has 2 aliphatic heterocycles. The van der Waals surface area contributed by atoms with Crippen molar-refractivity contribution in [3.8, 4) is 0 Å². The summed E-state index contributed by atoms with van der Waals surface area (Å²) in [5.74, 6) is 0.295. The van der Waals surface area contributed by atoms with Crippen LogP contribution in [0.4, 0.5) is 0 Å². The third-order valence-corrected chi connectivity index (χ3v) is 7.02. The monoisotopic (exact) mass is 495 g/mol. The number of hydrogen-bond donors (Lipinski definition) is 1. The van der Waals surface area contributed by atoms with Crippen molar-refractivity contribution in [2.24, 2.45) is 5.92 Å². The van der Waals surface area contributed by atoms with Gasteiger partial charge in [0, 0.05) is 69.9 Å². The van der Waals surface area contributed by atoms with Gasteiger partial charge in [0.05, 0.1) is 13.2 Å². The van der Waals surface area contributed by atoms with Crippen LogP contribution in [0.15, 0.2) is 30.3 Å². The third-order valence-electron chi connectivity index (χ3n) is 7.02. The first-order valence-electron chi connectivity index (χ1n) is 12.8. The minimum Gasteiger partial charge on any atom is -0.383 e. The number of fused-ring (bicyclic) bond motifs is 1. The van der Waals surface area contributed by atoms with Crippen molar-refractivity contribution in [2.75, 3.05) is 39.9 Å². The standard InChI is InChI=1S/C27H37N5O4/c1-19(2)9-13-32-23-10-12-30(17-22(23)26(29-32)27(35)28-11-14-36-3)25(34)18-31-16-21(15-24(31)33)20-7-5-4-6-8-20/h4-8,19,21H,9-18H2,1-3H3,(H,28,35). The highest BCUT2D eigenvalue weighted by Crippen LogP contribution is 2.29. The molecule has 0 saturated carbocycles. The van der Waals surface area contributed by atoms with Gasteiger partial charge in [-0.25, -0.2) is 0 Å². The van der Waals surface area contributed by atoms with E-state index in [-0.39, 0.29) is 30.2 Å². The number of likely N-dealkylation sites (tertiary alicyclic amines) is 1. The molecule has 0 bridgehead atoms. The van der Waals surface area contributed by atoms with Gasteiger partial charge in [-0.2, -0.15) is 5.10 Å². The molecular weight excluding hydrogens is 458 g/mol. The van der Waals surface area contributed by atoms with Crippen molar-refractivity contribution < 1.29 is 19.1 Å². The molecule has 1 aromatic heterocycles. The Kier molecular flexibility index (Phi) is 8.40. The summed E-state index contributed by atoms with van der Waals surface area (Å²) in [7, 11) is 1.59. The first-order chi connectivity index (χ1) is 17.4. The second-order valence-electron chi connectivity index (χ2n) is 10.1. The summed E-state index contributed by atoms with van der Waals surface area (Å²) in [6.07, 6.45) is 2.02. The number of amides is 3. The maximum absolute atomic E-state index is 13.3. The fraction of sp³-hybridized carbons (Fsp3) is 0.556. The van der Waals surface area contributed by atoms with Crippen LogP contribution in [-0.4, -0.2) is 77.2 Å². The van der Waals surface area contributed by atoms with E-state index in [1.54, 1.807) is 16.9 Å². The molecule has 0 spiro atoms. The Hall–Kier alpha value is -3.20. The quantitative estimate of drug-likeness (QED) is 0.510. The third kappa shape index (κ3) is 5.95. The number of benzene rings is 1. The van der Waals surface area contributed by atoms with Crippen LogP contribution in [0.25, 0.3) is 0 Å². The Morgan fingerprint density at radius 2 is 2.00 bits per heavy atom. The summed E-state index contributed by atoms with van der Waals surface area (Å²) in [4.78, 5) is 42.2. The molecule has 9 heteroatoms. The molecule has 0 aliphatic carbocycles. The first kappa shape index (κ1) is 25.9. The van der Waals surface area contributed by atoms with E-state index in [9.17, 15) is 14.4 Å². The van der Waals surface area contributed by atoms with Crippen LogP contribution < -0.4 is 5.32 Å². The molecular formula is C27H37N5O4. The zero-order chi connectivity index (χ0) is 25.7. The molecule has 1 saturated heterocycles. The summed E-state index contributed by atoms with van der Waals surface area (Å²) >= 11 is 0. The molecule has 4 rings (SSSR count). The van der Waals surface area contributed by atoms with Crippen molar-refractivity contribution in [1.29, 1.82) is 0 Å². The van der Waals surface area contributed by atoms with E-state index in [1.807, 2.05) is 35.0 Å². The van der Waals surface area contributed by atoms with Gasteiger partial charge in [-0.1, -0.05) is 44.2 Å². The number of carbonyl (C=O) groups is 3. The van der Waals surface area contributed by atoms with E-state index < -0.39 is 0 Å². The van der Waals surface area contributed by atoms with Crippen molar-refractivity contribution in [3.63, 3.8) is 0 Å². The average molecular weight is 496 g/mol. The fourth-order valence-corrected chi connectivity index (χ4v) is 4.94. The summed E-state index contributed by atoms with van der Waals surface area (Å²) in [6, 6.07) is 9.98. The molecule has 1 unspecified atom stereocenters. The van der Waals surface area contributed by atoms with Gasteiger partial charge in [-0.3, -0.25) is 19.1 Å². The summed E-state index contributed by atoms with van der Waals surface area (Å²) in [5, 5.41) is 7.52. The molecule has 2 aromatic rings. The smallest absolute Gasteiger partial charge is 0.272 e. The van der Waals surface area contributed by atoms with Crippen LogP contribution in [0.5, 0.6) is 0 Å². The molecule has 1 atom stereocenters. The molecule has 1 N–H and O–H groups in total. The van der Waals surface area contributed by atoms with Gasteiger partial charge in [-0.15, -0.1) is 0 Å². The summed E-state index contributed by atoms with van der Waals surface area (Å²) < 4.78 is 6.98. The zero-order valence-electron chi connectivity index (χ0n) is 21.5. The number of aryl methyl sites for hydroxylation is 1. The summed E-state index contributed by atoms with van der Waals surface area (Å²) in [5.41, 5.74) is 3.34. The van der Waals surface area contributed by atoms with Gasteiger partial charge in [0.1, 0.15) is 0 Å². The molecule has 0 radical (unpaired) electrons. The van der Waals surface area contributed by atoms with Crippen molar-refractivity contribution in [2.45, 2.75) is 52.1 Å². The van der Waals surface area contributed by atoms with E-state index in [2.05, 4.69) is 24.3 Å². The predicted octanol–water partition coefficient (Wildman–Crippen LogP) is 2.21. The largest absolute Gasteiger partial charge is 0.383 e. The number of hydrogen-bond acceptors (Lipinski definition) is 5. The van der Waals surface area contributed by atoms with E-state index in [0.29, 0.717) is 57.2 Å². The van der Waals surface area contributed by atoms with Gasteiger partial charge in [-0.05, 0) is 17.9 Å². The molecule has 3 heterocycles. The number of nitrogens with zero attached hydrogens (tertiary/aromatic N) is 4. The van der Waals surface area contributed by atoms with Crippen molar-refractivity contribution in [1.82, 2.24) is 24.9 Å². The first-order valence-corrected chi connectivity index (χ1v) is 12.8. The normalized spacial score (nSPS) is 17.6. The van der Waals surface area contributed by atoms with Crippen LogP contribution in [0.1, 0.15) is 59.9 Å². The van der Waals surface area contributed by atoms with E-state index in [1.165, 1.54) is 0 Å². The summed E-state index contributed by atoms with van der Waals surface area (Å²) in [6.45, 7) is 7.37. The van der Waals surface area contributed by atoms with Gasteiger partial charge in [0.25, 0.3) is 5.91 Å². The lowest BCUT2D eigenvalue weighted by Crippen LogP contribution is -2.43. The van der Waals surface area contributed by atoms with Gasteiger partial charge in [0.15, 0.2) is 5.69 Å². The Morgan fingerprint density at radius 1 is 1.22 bits per heavy atom. The van der Waals surface area contributed by atoms with Gasteiger partial charge >= 0.3 is 0 Å². The Bertz CT molecular complexity index is 1080. The average Bonchev–Trinajstić information content (AvgIpc) is 3.43. The number of ether oxygens (including phenoxy) is 1. The number of rotatable bonds is 10. The topological polar surface area (TPSA) is 96.8 Å². The Morgan fingerprint density at radius 3 is 2.72 bits per heavy atom. The maximum Gasteiger partial charge on any atom is 0.272 e. The minimum absolute atomic E-state index is 0.00890. The van der Waals surface area contributed by atoms with Crippen LogP contribution in [0, 0.1) is 5.92 Å². The second kappa shape index (κ2) is 11.7. The fourth-order valence-electron chi connectivity index (χ4n) is 4.94. The molecule has 194 valence electrons. The number of aromatic nitrogens is 2. The highest BCUT2D eigenvalue weighted by Gasteiger charge is 2.35. The van der Waals surface area contributed by atoms with E-state index >= 15 is 0 Å². The van der Waals surface area contributed by atoms with Crippen LogP contribution in [0.2, 0.25) is 0 Å². The molecule has 1 fully saturated rings. The highest BCUT2D eigenvalue weighted by atomic mass is 16.5. The van der Waals surface area contributed by atoms with Crippen LogP contribution in [-0.2, 0) is 33.8 Å². The molecule has 2 aliphatic rings. The zero-order valence-corrected chi connectivity index (χ0v) is 21.5. The van der Waals surface area contributed by atoms with Crippen molar-refractivity contribution >= 4 is 17.7 Å². The molecule has 9 nitrogen and oxygen atoms in total. The SMILES string of the molecule is COCCNC(=O)c1nn(CCC(C)C)c2c1CN(C(=O)CN1CC(c3ccccc3)CC1=O)CC2. The Balaban J connectivity index is 1.45. The minimum atomic E-state index is -0.249. The Labute approximate surface area is 212 Å². The molecule has 3 amide bonds. The molecule has 36 heavy (non-hydrogen) atoms. The number of methoxy groups -OCH3 is 1. The lowest BCUT2D eigenvalue weighted by atomic mass is 9.99.